The summed E-state index contributed by atoms with van der Waals surface area (Å²) in [4.78, 5) is 0.0455. The number of halogens is 1. The van der Waals surface area contributed by atoms with E-state index in [9.17, 15) is 12.8 Å². The highest BCUT2D eigenvalue weighted by Gasteiger charge is 2.33. The molecule has 5 nitrogen and oxygen atoms in total. The number of sulfonamides is 1. The van der Waals surface area contributed by atoms with Crippen molar-refractivity contribution in [1.82, 2.24) is 0 Å². The molecule has 0 aliphatic carbocycles. The average molecular weight is 444 g/mol. The van der Waals surface area contributed by atoms with E-state index in [0.717, 1.165) is 11.6 Å². The SMILES string of the molecule is COc1ccc(OC)c([C@H](C)N(c2cccc(C)c2)S(=O)(=O)c2ccc(F)cc2C)c1. The maximum Gasteiger partial charge on any atom is 0.265 e. The number of aryl methyl sites for hydroxylation is 2. The molecule has 0 N–H and O–H groups in total. The Kier molecular flexibility index (Phi) is 6.55. The fourth-order valence-corrected chi connectivity index (χ4v) is 5.47. The Morgan fingerprint density at radius 2 is 1.68 bits per heavy atom. The topological polar surface area (TPSA) is 55.8 Å². The van der Waals surface area contributed by atoms with Crippen LogP contribution in [-0.2, 0) is 10.0 Å². The summed E-state index contributed by atoms with van der Waals surface area (Å²) in [6.45, 7) is 5.27. The van der Waals surface area contributed by atoms with Crippen LogP contribution in [0.4, 0.5) is 10.1 Å². The number of hydrogen-bond acceptors (Lipinski definition) is 4. The van der Waals surface area contributed by atoms with E-state index in [2.05, 4.69) is 0 Å². The summed E-state index contributed by atoms with van der Waals surface area (Å²) in [5.41, 5.74) is 2.40. The molecule has 3 aromatic carbocycles. The molecule has 0 radical (unpaired) electrons. The molecule has 0 heterocycles. The second kappa shape index (κ2) is 8.98. The van der Waals surface area contributed by atoms with E-state index in [1.54, 1.807) is 57.4 Å². The van der Waals surface area contributed by atoms with Crippen LogP contribution in [0.2, 0.25) is 0 Å². The van der Waals surface area contributed by atoms with Crippen LogP contribution >= 0.6 is 0 Å². The highest BCUT2D eigenvalue weighted by atomic mass is 32.2. The molecule has 3 aromatic rings. The van der Waals surface area contributed by atoms with Crippen LogP contribution < -0.4 is 13.8 Å². The first kappa shape index (κ1) is 22.6. The molecule has 0 aliphatic heterocycles. The molecule has 0 unspecified atom stereocenters. The summed E-state index contributed by atoms with van der Waals surface area (Å²) >= 11 is 0. The van der Waals surface area contributed by atoms with Crippen molar-refractivity contribution in [3.05, 3.63) is 83.2 Å². The van der Waals surface area contributed by atoms with Crippen LogP contribution in [0.15, 0.2) is 65.6 Å². The average Bonchev–Trinajstić information content (AvgIpc) is 2.72. The van der Waals surface area contributed by atoms with E-state index in [-0.39, 0.29) is 4.90 Å². The van der Waals surface area contributed by atoms with Gasteiger partial charge in [0.15, 0.2) is 0 Å². The standard InChI is InChI=1S/C24H26FNO4S/c1-16-7-6-8-20(13-16)26(31(27,28)24-12-9-19(25)14-17(24)2)18(3)22-15-21(29-4)10-11-23(22)30-5/h6-15,18H,1-5H3/t18-/m0/s1. The van der Waals surface area contributed by atoms with Gasteiger partial charge in [-0.1, -0.05) is 12.1 Å². The molecule has 0 fully saturated rings. The van der Waals surface area contributed by atoms with Crippen LogP contribution in [0.1, 0.15) is 29.7 Å². The number of hydrogen-bond donors (Lipinski definition) is 0. The molecule has 0 saturated carbocycles. The molecule has 0 aromatic heterocycles. The van der Waals surface area contributed by atoms with E-state index in [1.807, 2.05) is 13.0 Å². The molecule has 164 valence electrons. The van der Waals surface area contributed by atoms with E-state index >= 15 is 0 Å². The number of rotatable bonds is 7. The summed E-state index contributed by atoms with van der Waals surface area (Å²) in [6.07, 6.45) is 0. The van der Waals surface area contributed by atoms with Crippen molar-refractivity contribution in [2.24, 2.45) is 0 Å². The van der Waals surface area contributed by atoms with Crippen LogP contribution in [0.3, 0.4) is 0 Å². The normalized spacial score (nSPS) is 12.3. The summed E-state index contributed by atoms with van der Waals surface area (Å²) in [5, 5.41) is 0. The van der Waals surface area contributed by atoms with Crippen molar-refractivity contribution in [3.8, 4) is 11.5 Å². The predicted octanol–water partition coefficient (Wildman–Crippen LogP) is 5.42. The first-order chi connectivity index (χ1) is 14.7. The lowest BCUT2D eigenvalue weighted by Crippen LogP contribution is -2.34. The van der Waals surface area contributed by atoms with Crippen LogP contribution in [0, 0.1) is 19.7 Å². The van der Waals surface area contributed by atoms with Gasteiger partial charge in [0.25, 0.3) is 10.0 Å². The van der Waals surface area contributed by atoms with Gasteiger partial charge in [0, 0.05) is 5.56 Å². The highest BCUT2D eigenvalue weighted by molar-refractivity contribution is 7.92. The van der Waals surface area contributed by atoms with Crippen molar-refractivity contribution in [2.75, 3.05) is 18.5 Å². The first-order valence-corrected chi connectivity index (χ1v) is 11.2. The zero-order chi connectivity index (χ0) is 22.8. The molecule has 3 rings (SSSR count). The third-order valence-electron chi connectivity index (χ3n) is 5.17. The van der Waals surface area contributed by atoms with Gasteiger partial charge in [-0.2, -0.15) is 0 Å². The van der Waals surface area contributed by atoms with Crippen molar-refractivity contribution in [3.63, 3.8) is 0 Å². The van der Waals surface area contributed by atoms with Crippen molar-refractivity contribution in [2.45, 2.75) is 31.7 Å². The van der Waals surface area contributed by atoms with Gasteiger partial charge in [-0.15, -0.1) is 0 Å². The van der Waals surface area contributed by atoms with E-state index in [0.29, 0.717) is 28.3 Å². The molecule has 0 saturated heterocycles. The number of anilines is 1. The predicted molar refractivity (Wildman–Crippen MR) is 120 cm³/mol. The van der Waals surface area contributed by atoms with Gasteiger partial charge < -0.3 is 9.47 Å². The molecule has 0 aliphatic rings. The third-order valence-corrected chi connectivity index (χ3v) is 7.23. The van der Waals surface area contributed by atoms with Crippen LogP contribution in [0.25, 0.3) is 0 Å². The Hall–Kier alpha value is -3.06. The molecule has 31 heavy (non-hydrogen) atoms. The molecule has 1 atom stereocenters. The van der Waals surface area contributed by atoms with Gasteiger partial charge >= 0.3 is 0 Å². The minimum Gasteiger partial charge on any atom is -0.497 e. The molecular formula is C24H26FNO4S. The monoisotopic (exact) mass is 443 g/mol. The van der Waals surface area contributed by atoms with Gasteiger partial charge in [0.1, 0.15) is 17.3 Å². The summed E-state index contributed by atoms with van der Waals surface area (Å²) in [5.74, 6) is 0.639. The number of benzene rings is 3. The number of nitrogens with zero attached hydrogens (tertiary/aromatic N) is 1. The number of methoxy groups -OCH3 is 2. The fourth-order valence-electron chi connectivity index (χ4n) is 3.64. The summed E-state index contributed by atoms with van der Waals surface area (Å²) < 4.78 is 53.6. The van der Waals surface area contributed by atoms with Crippen molar-refractivity contribution in [1.29, 1.82) is 0 Å². The van der Waals surface area contributed by atoms with E-state index < -0.39 is 21.9 Å². The molecule has 0 bridgehead atoms. The maximum absolute atomic E-state index is 13.9. The lowest BCUT2D eigenvalue weighted by atomic mass is 10.1. The smallest absolute Gasteiger partial charge is 0.265 e. The van der Waals surface area contributed by atoms with E-state index in [1.165, 1.54) is 23.5 Å². The zero-order valence-corrected chi connectivity index (χ0v) is 19.0. The Morgan fingerprint density at radius 3 is 2.29 bits per heavy atom. The molecule has 0 amide bonds. The second-order valence-electron chi connectivity index (χ2n) is 7.33. The molecule has 0 spiro atoms. The Labute approximate surface area is 183 Å². The van der Waals surface area contributed by atoms with Gasteiger partial charge in [-0.25, -0.2) is 12.8 Å². The highest BCUT2D eigenvalue weighted by Crippen LogP contribution is 2.39. The minimum atomic E-state index is -4.04. The van der Waals surface area contributed by atoms with Crippen LogP contribution in [0.5, 0.6) is 11.5 Å². The lowest BCUT2D eigenvalue weighted by molar-refractivity contribution is 0.396. The second-order valence-corrected chi connectivity index (χ2v) is 9.12. The quantitative estimate of drug-likeness (QED) is 0.490. The Morgan fingerprint density at radius 1 is 0.935 bits per heavy atom. The Balaban J connectivity index is 2.25. The Bertz CT molecular complexity index is 1190. The summed E-state index contributed by atoms with van der Waals surface area (Å²) in [6, 6.07) is 15.6. The third kappa shape index (κ3) is 4.51. The van der Waals surface area contributed by atoms with Gasteiger partial charge in [-0.05, 0) is 80.4 Å². The van der Waals surface area contributed by atoms with Crippen molar-refractivity contribution >= 4 is 15.7 Å². The van der Waals surface area contributed by atoms with Crippen molar-refractivity contribution < 1.29 is 22.3 Å². The van der Waals surface area contributed by atoms with Gasteiger partial charge in [0.05, 0.1) is 30.8 Å². The first-order valence-electron chi connectivity index (χ1n) is 9.78. The maximum atomic E-state index is 13.9. The minimum absolute atomic E-state index is 0.0455. The van der Waals surface area contributed by atoms with Gasteiger partial charge in [0.2, 0.25) is 0 Å². The lowest BCUT2D eigenvalue weighted by Gasteiger charge is -2.32. The molecular weight excluding hydrogens is 417 g/mol. The van der Waals surface area contributed by atoms with Crippen LogP contribution in [-0.4, -0.2) is 22.6 Å². The number of ether oxygens (including phenoxy) is 2. The molecule has 7 heteroatoms. The largest absolute Gasteiger partial charge is 0.497 e. The zero-order valence-electron chi connectivity index (χ0n) is 18.2. The fraction of sp³-hybridized carbons (Fsp3) is 0.250. The van der Waals surface area contributed by atoms with E-state index in [4.69, 9.17) is 9.47 Å². The summed E-state index contributed by atoms with van der Waals surface area (Å²) in [7, 11) is -0.956. The van der Waals surface area contributed by atoms with Gasteiger partial charge in [-0.3, -0.25) is 4.31 Å².